The van der Waals surface area contributed by atoms with Crippen LogP contribution in [-0.4, -0.2) is 47.9 Å². The van der Waals surface area contributed by atoms with Crippen LogP contribution in [-0.2, 0) is 4.79 Å². The molecule has 5 nitrogen and oxygen atoms in total. The lowest BCUT2D eigenvalue weighted by Crippen LogP contribution is -2.46. The highest BCUT2D eigenvalue weighted by atomic mass is 19.1. The summed E-state index contributed by atoms with van der Waals surface area (Å²) in [4.78, 5) is 27.7. The lowest BCUT2D eigenvalue weighted by Gasteiger charge is -2.37. The zero-order chi connectivity index (χ0) is 21.8. The van der Waals surface area contributed by atoms with Crippen LogP contribution in [0.15, 0.2) is 42.5 Å². The average molecular weight is 415 g/mol. The third-order valence-electron chi connectivity index (χ3n) is 5.91. The summed E-state index contributed by atoms with van der Waals surface area (Å²) in [5.41, 5.74) is 1.71. The number of halogens is 2. The van der Waals surface area contributed by atoms with Gasteiger partial charge >= 0.3 is 6.03 Å². The van der Waals surface area contributed by atoms with Gasteiger partial charge in [0.05, 0.1) is 0 Å². The first-order chi connectivity index (χ1) is 14.2. The maximum Gasteiger partial charge on any atom is 0.321 e. The number of rotatable bonds is 4. The van der Waals surface area contributed by atoms with Crippen LogP contribution in [0.4, 0.5) is 19.3 Å². The lowest BCUT2D eigenvalue weighted by molar-refractivity contribution is -0.130. The van der Waals surface area contributed by atoms with Crippen LogP contribution in [0.3, 0.4) is 0 Å². The van der Waals surface area contributed by atoms with E-state index in [1.54, 1.807) is 48.0 Å². The zero-order valence-corrected chi connectivity index (χ0v) is 17.5. The van der Waals surface area contributed by atoms with Crippen molar-refractivity contribution in [2.24, 2.45) is 0 Å². The Balaban J connectivity index is 1.57. The second-order valence-corrected chi connectivity index (χ2v) is 7.87. The van der Waals surface area contributed by atoms with E-state index in [1.165, 1.54) is 12.1 Å². The van der Waals surface area contributed by atoms with Gasteiger partial charge in [-0.25, -0.2) is 13.6 Å². The van der Waals surface area contributed by atoms with Gasteiger partial charge < -0.3 is 15.1 Å². The molecule has 3 rings (SSSR count). The summed E-state index contributed by atoms with van der Waals surface area (Å²) in [5.74, 6) is -1.20. The second-order valence-electron chi connectivity index (χ2n) is 7.87. The number of hydrogen-bond acceptors (Lipinski definition) is 2. The molecule has 2 aromatic carbocycles. The topological polar surface area (TPSA) is 52.7 Å². The third-order valence-corrected chi connectivity index (χ3v) is 5.91. The van der Waals surface area contributed by atoms with E-state index in [2.05, 4.69) is 5.32 Å². The number of benzene rings is 2. The number of anilines is 1. The summed E-state index contributed by atoms with van der Waals surface area (Å²) in [5, 5.41) is 2.87. The average Bonchev–Trinajstić information content (AvgIpc) is 2.72. The molecule has 0 unspecified atom stereocenters. The lowest BCUT2D eigenvalue weighted by atomic mass is 9.89. The fourth-order valence-electron chi connectivity index (χ4n) is 3.93. The Morgan fingerprint density at radius 2 is 1.33 bits per heavy atom. The molecule has 1 saturated carbocycles. The van der Waals surface area contributed by atoms with Gasteiger partial charge in [-0.15, -0.1) is 0 Å². The highest BCUT2D eigenvalue weighted by Gasteiger charge is 2.29. The predicted molar refractivity (Wildman–Crippen MR) is 113 cm³/mol. The molecule has 0 radical (unpaired) electrons. The Bertz CT molecular complexity index is 889. The summed E-state index contributed by atoms with van der Waals surface area (Å²) in [6.07, 6.45) is 3.43. The number of amides is 3. The van der Waals surface area contributed by atoms with E-state index in [0.29, 0.717) is 16.8 Å². The number of urea groups is 1. The van der Waals surface area contributed by atoms with Gasteiger partial charge in [-0.3, -0.25) is 4.79 Å². The van der Waals surface area contributed by atoms with E-state index in [9.17, 15) is 18.4 Å². The monoisotopic (exact) mass is 415 g/mol. The Hall–Kier alpha value is -2.96. The fourth-order valence-corrected chi connectivity index (χ4v) is 3.93. The van der Waals surface area contributed by atoms with Crippen LogP contribution < -0.4 is 5.32 Å². The van der Waals surface area contributed by atoms with Crippen molar-refractivity contribution in [2.45, 2.75) is 44.7 Å². The van der Waals surface area contributed by atoms with Crippen molar-refractivity contribution in [3.63, 3.8) is 0 Å². The number of carbonyl (C=O) groups excluding carboxylic acids is 2. The van der Waals surface area contributed by atoms with Crippen molar-refractivity contribution >= 4 is 17.6 Å². The molecule has 0 aromatic heterocycles. The van der Waals surface area contributed by atoms with E-state index < -0.39 is 11.6 Å². The first-order valence-electron chi connectivity index (χ1n) is 10.1. The van der Waals surface area contributed by atoms with E-state index in [1.807, 2.05) is 7.05 Å². The van der Waals surface area contributed by atoms with Crippen molar-refractivity contribution in [3.05, 3.63) is 54.1 Å². The maximum atomic E-state index is 13.4. The molecule has 0 aliphatic heterocycles. The summed E-state index contributed by atoms with van der Waals surface area (Å²) < 4.78 is 26.8. The normalized spacial score (nSPS) is 18.6. The van der Waals surface area contributed by atoms with E-state index in [-0.39, 0.29) is 24.0 Å². The summed E-state index contributed by atoms with van der Waals surface area (Å²) in [6, 6.07) is 10.4. The molecule has 30 heavy (non-hydrogen) atoms. The Morgan fingerprint density at radius 3 is 1.83 bits per heavy atom. The summed E-state index contributed by atoms with van der Waals surface area (Å²) in [7, 11) is 3.60. The smallest absolute Gasteiger partial charge is 0.321 e. The minimum absolute atomic E-state index is 0.0639. The van der Waals surface area contributed by atoms with Gasteiger partial charge in [0.1, 0.15) is 11.6 Å². The van der Waals surface area contributed by atoms with E-state index >= 15 is 0 Å². The molecule has 0 spiro atoms. The van der Waals surface area contributed by atoms with Crippen molar-refractivity contribution in [1.29, 1.82) is 0 Å². The van der Waals surface area contributed by atoms with Gasteiger partial charge in [-0.05, 0) is 61.1 Å². The molecule has 1 aliphatic carbocycles. The Labute approximate surface area is 175 Å². The van der Waals surface area contributed by atoms with Crippen molar-refractivity contribution in [1.82, 2.24) is 9.80 Å². The molecule has 0 atom stereocenters. The molecule has 1 aliphatic rings. The number of hydrogen-bond donors (Lipinski definition) is 1. The minimum Gasteiger partial charge on any atom is -0.343 e. The first kappa shape index (κ1) is 21.7. The SMILES string of the molecule is CC(=O)N(C)C1CCC(N(C)C(=O)Nc2ccc(-c3cc(F)cc(F)c3)cc2)CC1. The van der Waals surface area contributed by atoms with Crippen LogP contribution in [0.2, 0.25) is 0 Å². The van der Waals surface area contributed by atoms with Crippen molar-refractivity contribution in [2.75, 3.05) is 19.4 Å². The summed E-state index contributed by atoms with van der Waals surface area (Å²) in [6.45, 7) is 1.57. The van der Waals surface area contributed by atoms with Gasteiger partial charge in [-0.2, -0.15) is 0 Å². The molecule has 160 valence electrons. The van der Waals surface area contributed by atoms with Gasteiger partial charge in [-0.1, -0.05) is 12.1 Å². The van der Waals surface area contributed by atoms with E-state index in [0.717, 1.165) is 31.7 Å². The van der Waals surface area contributed by atoms with Crippen LogP contribution in [0.1, 0.15) is 32.6 Å². The molecule has 0 saturated heterocycles. The highest BCUT2D eigenvalue weighted by Crippen LogP contribution is 2.27. The quantitative estimate of drug-likeness (QED) is 0.773. The van der Waals surface area contributed by atoms with Crippen LogP contribution in [0.5, 0.6) is 0 Å². The Kier molecular flexibility index (Phi) is 6.70. The Morgan fingerprint density at radius 1 is 0.833 bits per heavy atom. The highest BCUT2D eigenvalue weighted by molar-refractivity contribution is 5.89. The predicted octanol–water partition coefficient (Wildman–Crippen LogP) is 4.89. The minimum atomic E-state index is -0.631. The first-order valence-corrected chi connectivity index (χ1v) is 10.1. The van der Waals surface area contributed by atoms with Crippen LogP contribution in [0.25, 0.3) is 11.1 Å². The largest absolute Gasteiger partial charge is 0.343 e. The molecule has 2 aromatic rings. The number of nitrogens with zero attached hydrogens (tertiary/aromatic N) is 2. The van der Waals surface area contributed by atoms with E-state index in [4.69, 9.17) is 0 Å². The standard InChI is InChI=1S/C23H27F2N3O2/c1-15(29)27(2)21-8-10-22(11-9-21)28(3)23(30)26-20-6-4-16(5-7-20)17-12-18(24)14-19(25)13-17/h4-7,12-14,21-22H,8-11H2,1-3H3,(H,26,30). The third kappa shape index (κ3) is 5.14. The van der Waals surface area contributed by atoms with Gasteiger partial charge in [0, 0.05) is 44.9 Å². The van der Waals surface area contributed by atoms with Crippen LogP contribution >= 0.6 is 0 Å². The second kappa shape index (κ2) is 9.24. The zero-order valence-electron chi connectivity index (χ0n) is 17.5. The number of carbonyl (C=O) groups is 2. The molecule has 3 amide bonds. The molecule has 1 N–H and O–H groups in total. The van der Waals surface area contributed by atoms with Gasteiger partial charge in [0.25, 0.3) is 0 Å². The van der Waals surface area contributed by atoms with Crippen molar-refractivity contribution in [3.8, 4) is 11.1 Å². The maximum absolute atomic E-state index is 13.4. The molecule has 0 heterocycles. The van der Waals surface area contributed by atoms with Crippen molar-refractivity contribution < 1.29 is 18.4 Å². The molecular weight excluding hydrogens is 388 g/mol. The van der Waals surface area contributed by atoms with Crippen LogP contribution in [0, 0.1) is 11.6 Å². The number of nitrogens with one attached hydrogen (secondary N) is 1. The fraction of sp³-hybridized carbons (Fsp3) is 0.391. The molecular formula is C23H27F2N3O2. The summed E-state index contributed by atoms with van der Waals surface area (Å²) >= 11 is 0. The molecule has 7 heteroatoms. The van der Waals surface area contributed by atoms with Gasteiger partial charge in [0.15, 0.2) is 0 Å². The van der Waals surface area contributed by atoms with Gasteiger partial charge in [0.2, 0.25) is 5.91 Å². The molecule has 1 fully saturated rings. The molecule has 0 bridgehead atoms.